The van der Waals surface area contributed by atoms with Crippen LogP contribution in [0.3, 0.4) is 0 Å². The zero-order valence-corrected chi connectivity index (χ0v) is 10.2. The van der Waals surface area contributed by atoms with E-state index in [0.29, 0.717) is 5.69 Å². The van der Waals surface area contributed by atoms with Gasteiger partial charge in [-0.05, 0) is 43.7 Å². The van der Waals surface area contributed by atoms with Crippen molar-refractivity contribution in [2.45, 2.75) is 45.1 Å². The maximum Gasteiger partial charge on any atom is 0.181 e. The molecule has 3 heteroatoms. The summed E-state index contributed by atoms with van der Waals surface area (Å²) in [7, 11) is 0. The average Bonchev–Trinajstić information content (AvgIpc) is 2.36. The zero-order valence-electron chi connectivity index (χ0n) is 10.2. The first-order chi connectivity index (χ1) is 8.20. The van der Waals surface area contributed by atoms with E-state index in [9.17, 15) is 8.78 Å². The van der Waals surface area contributed by atoms with Crippen molar-refractivity contribution in [3.8, 4) is 0 Å². The summed E-state index contributed by atoms with van der Waals surface area (Å²) in [4.78, 5) is 0. The second-order valence-corrected chi connectivity index (χ2v) is 4.87. The van der Waals surface area contributed by atoms with E-state index in [4.69, 9.17) is 0 Å². The third kappa shape index (κ3) is 2.96. The van der Waals surface area contributed by atoms with Crippen LogP contribution in [0.15, 0.2) is 18.2 Å². The fourth-order valence-electron chi connectivity index (χ4n) is 2.55. The summed E-state index contributed by atoms with van der Waals surface area (Å²) >= 11 is 0. The smallest absolute Gasteiger partial charge is 0.181 e. The van der Waals surface area contributed by atoms with Gasteiger partial charge in [-0.3, -0.25) is 0 Å². The zero-order chi connectivity index (χ0) is 12.3. The largest absolute Gasteiger partial charge is 0.380 e. The number of halogens is 2. The minimum Gasteiger partial charge on any atom is -0.380 e. The molecule has 1 aliphatic rings. The molecule has 0 amide bonds. The Hall–Kier alpha value is -1.12. The van der Waals surface area contributed by atoms with Crippen LogP contribution in [-0.4, -0.2) is 6.04 Å². The normalized spacial score (nSPS) is 24.6. The van der Waals surface area contributed by atoms with Crippen LogP contribution in [-0.2, 0) is 0 Å². The van der Waals surface area contributed by atoms with Gasteiger partial charge in [0.25, 0.3) is 0 Å². The molecule has 0 saturated heterocycles. The van der Waals surface area contributed by atoms with Crippen LogP contribution in [0.5, 0.6) is 0 Å². The third-order valence-corrected chi connectivity index (χ3v) is 3.74. The molecule has 17 heavy (non-hydrogen) atoms. The van der Waals surface area contributed by atoms with E-state index >= 15 is 0 Å². The summed E-state index contributed by atoms with van der Waals surface area (Å²) in [6.07, 6.45) is 5.69. The molecule has 1 saturated carbocycles. The number of rotatable bonds is 3. The summed E-state index contributed by atoms with van der Waals surface area (Å²) in [6.45, 7) is 2.21. The molecule has 1 N–H and O–H groups in total. The van der Waals surface area contributed by atoms with Gasteiger partial charge in [-0.2, -0.15) is 0 Å². The lowest BCUT2D eigenvalue weighted by Crippen LogP contribution is -2.26. The lowest BCUT2D eigenvalue weighted by atomic mass is 9.84. The van der Waals surface area contributed by atoms with Crippen LogP contribution in [0.1, 0.15) is 39.0 Å². The molecule has 0 spiro atoms. The van der Waals surface area contributed by atoms with E-state index < -0.39 is 11.6 Å². The van der Waals surface area contributed by atoms with Gasteiger partial charge in [-0.25, -0.2) is 8.78 Å². The van der Waals surface area contributed by atoms with Crippen LogP contribution in [0.2, 0.25) is 0 Å². The molecule has 2 rings (SSSR count). The van der Waals surface area contributed by atoms with Crippen molar-refractivity contribution < 1.29 is 8.78 Å². The predicted octanol–water partition coefficient (Wildman–Crippen LogP) is 4.35. The fourth-order valence-corrected chi connectivity index (χ4v) is 2.55. The highest BCUT2D eigenvalue weighted by Crippen LogP contribution is 2.29. The van der Waals surface area contributed by atoms with Gasteiger partial charge in [0.1, 0.15) is 0 Å². The second kappa shape index (κ2) is 5.48. The van der Waals surface area contributed by atoms with Crippen LogP contribution in [0, 0.1) is 17.6 Å². The van der Waals surface area contributed by atoms with Gasteiger partial charge in [0, 0.05) is 6.04 Å². The number of nitrogens with one attached hydrogen (secondary N) is 1. The molecule has 0 heterocycles. The Kier molecular flexibility index (Phi) is 3.97. The van der Waals surface area contributed by atoms with Crippen LogP contribution >= 0.6 is 0 Å². The van der Waals surface area contributed by atoms with E-state index in [-0.39, 0.29) is 6.04 Å². The van der Waals surface area contributed by atoms with Crippen molar-refractivity contribution in [3.63, 3.8) is 0 Å². The Labute approximate surface area is 101 Å². The van der Waals surface area contributed by atoms with Gasteiger partial charge in [0.05, 0.1) is 5.69 Å². The van der Waals surface area contributed by atoms with Crippen LogP contribution in [0.25, 0.3) is 0 Å². The molecule has 94 valence electrons. The molecule has 1 aromatic carbocycles. The van der Waals surface area contributed by atoms with Gasteiger partial charge < -0.3 is 5.32 Å². The lowest BCUT2D eigenvalue weighted by Gasteiger charge is -2.29. The monoisotopic (exact) mass is 239 g/mol. The molecule has 0 atom stereocenters. The highest BCUT2D eigenvalue weighted by molar-refractivity contribution is 5.45. The fraction of sp³-hybridized carbons (Fsp3) is 0.571. The van der Waals surface area contributed by atoms with Crippen LogP contribution in [0.4, 0.5) is 14.5 Å². The van der Waals surface area contributed by atoms with Gasteiger partial charge in [0.15, 0.2) is 11.6 Å². The van der Waals surface area contributed by atoms with E-state index in [1.807, 2.05) is 0 Å². The quantitative estimate of drug-likeness (QED) is 0.827. The predicted molar refractivity (Wildman–Crippen MR) is 66.0 cm³/mol. The van der Waals surface area contributed by atoms with E-state index in [1.54, 1.807) is 12.1 Å². The highest BCUT2D eigenvalue weighted by atomic mass is 19.2. The molecular weight excluding hydrogens is 220 g/mol. The Morgan fingerprint density at radius 2 is 1.88 bits per heavy atom. The summed E-state index contributed by atoms with van der Waals surface area (Å²) in [5.74, 6) is -0.729. The first-order valence-electron chi connectivity index (χ1n) is 6.41. The summed E-state index contributed by atoms with van der Waals surface area (Å²) in [5.41, 5.74) is 0.296. The van der Waals surface area contributed by atoms with Crippen molar-refractivity contribution in [1.29, 1.82) is 0 Å². The molecule has 0 radical (unpaired) electrons. The highest BCUT2D eigenvalue weighted by Gasteiger charge is 2.20. The Bertz CT molecular complexity index is 370. The molecule has 1 nitrogen and oxygen atoms in total. The Morgan fingerprint density at radius 1 is 1.18 bits per heavy atom. The first-order valence-corrected chi connectivity index (χ1v) is 6.41. The van der Waals surface area contributed by atoms with Crippen molar-refractivity contribution >= 4 is 5.69 Å². The minimum atomic E-state index is -0.780. The van der Waals surface area contributed by atoms with Crippen molar-refractivity contribution in [2.75, 3.05) is 5.32 Å². The number of hydrogen-bond donors (Lipinski definition) is 1. The van der Waals surface area contributed by atoms with Gasteiger partial charge in [-0.15, -0.1) is 0 Å². The molecule has 1 fully saturated rings. The van der Waals surface area contributed by atoms with E-state index in [0.717, 1.165) is 24.8 Å². The van der Waals surface area contributed by atoms with Gasteiger partial charge in [-0.1, -0.05) is 19.4 Å². The van der Waals surface area contributed by atoms with Crippen molar-refractivity contribution in [1.82, 2.24) is 0 Å². The molecule has 0 aromatic heterocycles. The molecule has 1 aromatic rings. The van der Waals surface area contributed by atoms with Crippen LogP contribution < -0.4 is 5.32 Å². The summed E-state index contributed by atoms with van der Waals surface area (Å²) in [6, 6.07) is 4.58. The topological polar surface area (TPSA) is 12.0 Å². The number of hydrogen-bond acceptors (Lipinski definition) is 1. The van der Waals surface area contributed by atoms with E-state index in [2.05, 4.69) is 12.2 Å². The third-order valence-electron chi connectivity index (χ3n) is 3.74. The SMILES string of the molecule is CCC1CCC(Nc2cccc(F)c2F)CC1. The van der Waals surface area contributed by atoms with Gasteiger partial charge >= 0.3 is 0 Å². The Morgan fingerprint density at radius 3 is 2.53 bits per heavy atom. The minimum absolute atomic E-state index is 0.286. The summed E-state index contributed by atoms with van der Waals surface area (Å²) in [5, 5.41) is 3.12. The first kappa shape index (κ1) is 12.3. The van der Waals surface area contributed by atoms with E-state index in [1.165, 1.54) is 19.3 Å². The average molecular weight is 239 g/mol. The molecule has 0 unspecified atom stereocenters. The lowest BCUT2D eigenvalue weighted by molar-refractivity contribution is 0.329. The van der Waals surface area contributed by atoms with Crippen molar-refractivity contribution in [3.05, 3.63) is 29.8 Å². The molecule has 0 bridgehead atoms. The Balaban J connectivity index is 1.95. The maximum absolute atomic E-state index is 13.5. The summed E-state index contributed by atoms with van der Waals surface area (Å²) < 4.78 is 26.5. The maximum atomic E-state index is 13.5. The second-order valence-electron chi connectivity index (χ2n) is 4.87. The van der Waals surface area contributed by atoms with Crippen molar-refractivity contribution in [2.24, 2.45) is 5.92 Å². The van der Waals surface area contributed by atoms with Gasteiger partial charge in [0.2, 0.25) is 0 Å². The molecule has 0 aliphatic heterocycles. The number of anilines is 1. The molecular formula is C14H19F2N. The molecule has 1 aliphatic carbocycles. The standard InChI is InChI=1S/C14H19F2N/c1-2-10-6-8-11(9-7-10)17-13-5-3-4-12(15)14(13)16/h3-5,10-11,17H,2,6-9H2,1H3. The number of benzene rings is 1.